The molecule has 0 saturated heterocycles. The minimum absolute atomic E-state index is 0.570. The van der Waals surface area contributed by atoms with E-state index in [-0.39, 0.29) is 0 Å². The van der Waals surface area contributed by atoms with Crippen molar-refractivity contribution >= 4 is 48.9 Å². The number of nitrogens with one attached hydrogen (secondary N) is 1. The van der Waals surface area contributed by atoms with Gasteiger partial charge in [-0.2, -0.15) is 4.98 Å². The number of hydrogen-bond donors (Lipinski definition) is 1. The Labute approximate surface area is 134 Å². The van der Waals surface area contributed by atoms with Crippen molar-refractivity contribution in [2.24, 2.45) is 0 Å². The summed E-state index contributed by atoms with van der Waals surface area (Å²) in [7, 11) is 1.66. The molecule has 0 fully saturated rings. The van der Waals surface area contributed by atoms with Crippen LogP contribution in [0.3, 0.4) is 0 Å². The predicted octanol–water partition coefficient (Wildman–Crippen LogP) is 3.77. The number of nitrogens with zero attached hydrogens (tertiary/aromatic N) is 4. The maximum absolute atomic E-state index is 5.24. The van der Waals surface area contributed by atoms with Gasteiger partial charge in [-0.15, -0.1) is 5.10 Å². The smallest absolute Gasteiger partial charge is 0.250 e. The molecular weight excluding hydrogens is 318 g/mol. The molecule has 0 bridgehead atoms. The summed E-state index contributed by atoms with van der Waals surface area (Å²) in [4.78, 5) is 11.2. The summed E-state index contributed by atoms with van der Waals surface area (Å²) in [6, 6.07) is 5.83. The van der Waals surface area contributed by atoms with E-state index in [0.717, 1.165) is 31.8 Å². The molecule has 1 N–H and O–H groups in total. The Balaban J connectivity index is 1.69. The normalized spacial score (nSPS) is 11.4. The maximum atomic E-state index is 5.24. The fourth-order valence-electron chi connectivity index (χ4n) is 2.18. The first-order chi connectivity index (χ1) is 10.6. The molecule has 22 heavy (non-hydrogen) atoms. The second-order valence-corrected chi connectivity index (χ2v) is 7.06. The number of ether oxygens (including phenoxy) is 1. The Morgan fingerprint density at radius 1 is 1.18 bits per heavy atom. The molecule has 0 radical (unpaired) electrons. The zero-order valence-electron chi connectivity index (χ0n) is 12.2. The summed E-state index contributed by atoms with van der Waals surface area (Å²) in [5, 5.41) is 8.44. The van der Waals surface area contributed by atoms with Gasteiger partial charge in [0.25, 0.3) is 0 Å². The number of hydrogen-bond acceptors (Lipinski definition) is 7. The highest BCUT2D eigenvalue weighted by Crippen LogP contribution is 2.31. The minimum Gasteiger partial charge on any atom is -0.497 e. The lowest BCUT2D eigenvalue weighted by Crippen LogP contribution is -1.93. The molecule has 4 rings (SSSR count). The quantitative estimate of drug-likeness (QED) is 0.619. The van der Waals surface area contributed by atoms with E-state index in [2.05, 4.69) is 27.3 Å². The Morgan fingerprint density at radius 3 is 2.82 bits per heavy atom. The molecule has 0 atom stereocenters. The molecule has 0 aliphatic carbocycles. The van der Waals surface area contributed by atoms with E-state index in [0.29, 0.717) is 5.95 Å². The number of aryl methyl sites for hydroxylation is 2. The number of fused-ring (bicyclic) bond motifs is 2. The monoisotopic (exact) mass is 331 g/mol. The van der Waals surface area contributed by atoms with Gasteiger partial charge in [0.2, 0.25) is 10.9 Å². The van der Waals surface area contributed by atoms with Crippen molar-refractivity contribution in [2.45, 2.75) is 13.8 Å². The molecule has 4 aromatic rings. The number of methoxy groups -OCH3 is 1. The van der Waals surface area contributed by atoms with Gasteiger partial charge in [0.15, 0.2) is 5.13 Å². The molecule has 3 aromatic heterocycles. The molecule has 0 unspecified atom stereocenters. The Hall–Kier alpha value is -2.19. The first-order valence-electron chi connectivity index (χ1n) is 6.68. The average Bonchev–Trinajstić information content (AvgIpc) is 3.14. The highest BCUT2D eigenvalue weighted by Gasteiger charge is 2.12. The predicted molar refractivity (Wildman–Crippen MR) is 89.8 cm³/mol. The summed E-state index contributed by atoms with van der Waals surface area (Å²) in [5.74, 6) is 1.40. The molecule has 3 heterocycles. The van der Waals surface area contributed by atoms with Crippen LogP contribution in [0.15, 0.2) is 18.2 Å². The van der Waals surface area contributed by atoms with Crippen molar-refractivity contribution in [3.05, 3.63) is 28.8 Å². The summed E-state index contributed by atoms with van der Waals surface area (Å²) in [6.07, 6.45) is 0. The second-order valence-electron chi connectivity index (χ2n) is 4.85. The van der Waals surface area contributed by atoms with Crippen LogP contribution < -0.4 is 10.1 Å². The van der Waals surface area contributed by atoms with Crippen molar-refractivity contribution in [2.75, 3.05) is 12.4 Å². The van der Waals surface area contributed by atoms with Crippen LogP contribution in [0.4, 0.5) is 11.1 Å². The number of aromatic nitrogens is 4. The maximum Gasteiger partial charge on any atom is 0.250 e. The standard InChI is InChI=1S/C14H13N5OS2/c1-7-8(2)21-14-17-12(18-19(7)14)16-13-15-10-5-4-9(20-3)6-11(10)22-13/h4-6H,1-3H3,(H,15,16,18). The minimum atomic E-state index is 0.570. The molecule has 0 aliphatic rings. The van der Waals surface area contributed by atoms with E-state index in [1.165, 1.54) is 4.88 Å². The van der Waals surface area contributed by atoms with Crippen molar-refractivity contribution in [3.63, 3.8) is 0 Å². The van der Waals surface area contributed by atoms with Crippen molar-refractivity contribution in [3.8, 4) is 5.75 Å². The largest absolute Gasteiger partial charge is 0.497 e. The summed E-state index contributed by atoms with van der Waals surface area (Å²) >= 11 is 3.19. The molecule has 0 amide bonds. The lowest BCUT2D eigenvalue weighted by molar-refractivity contribution is 0.415. The molecule has 0 spiro atoms. The third-order valence-corrected chi connectivity index (χ3v) is 5.45. The van der Waals surface area contributed by atoms with Crippen LogP contribution in [-0.2, 0) is 0 Å². The number of thiazole rings is 2. The van der Waals surface area contributed by atoms with Gasteiger partial charge in [-0.05, 0) is 32.0 Å². The third kappa shape index (κ3) is 2.11. The van der Waals surface area contributed by atoms with Crippen LogP contribution in [-0.4, -0.2) is 26.7 Å². The van der Waals surface area contributed by atoms with E-state index >= 15 is 0 Å². The molecule has 1 aromatic carbocycles. The fourth-order valence-corrected chi connectivity index (χ4v) is 3.97. The van der Waals surface area contributed by atoms with Crippen LogP contribution in [0, 0.1) is 13.8 Å². The summed E-state index contributed by atoms with van der Waals surface area (Å²) in [6.45, 7) is 4.12. The van der Waals surface area contributed by atoms with Crippen LogP contribution in [0.5, 0.6) is 5.75 Å². The second kappa shape index (κ2) is 4.92. The topological polar surface area (TPSA) is 64.3 Å². The first kappa shape index (κ1) is 13.5. The van der Waals surface area contributed by atoms with Crippen LogP contribution in [0.1, 0.15) is 10.6 Å². The van der Waals surface area contributed by atoms with Gasteiger partial charge in [0.1, 0.15) is 5.75 Å². The first-order valence-corrected chi connectivity index (χ1v) is 8.32. The lowest BCUT2D eigenvalue weighted by atomic mass is 10.3. The van der Waals surface area contributed by atoms with Crippen LogP contribution in [0.25, 0.3) is 15.2 Å². The molecule has 6 nitrogen and oxygen atoms in total. The van der Waals surface area contributed by atoms with Gasteiger partial charge in [0, 0.05) is 4.88 Å². The van der Waals surface area contributed by atoms with E-state index in [4.69, 9.17) is 4.74 Å². The van der Waals surface area contributed by atoms with E-state index < -0.39 is 0 Å². The zero-order chi connectivity index (χ0) is 15.3. The molecule has 0 aliphatic heterocycles. The zero-order valence-corrected chi connectivity index (χ0v) is 13.9. The average molecular weight is 331 g/mol. The molecule has 8 heteroatoms. The van der Waals surface area contributed by atoms with E-state index in [9.17, 15) is 0 Å². The third-order valence-electron chi connectivity index (χ3n) is 3.46. The SMILES string of the molecule is COc1ccc2nc(Nc3nc4sc(C)c(C)n4n3)sc2c1. The fraction of sp³-hybridized carbons (Fsp3) is 0.214. The summed E-state index contributed by atoms with van der Waals surface area (Å²) in [5.41, 5.74) is 2.05. The van der Waals surface area contributed by atoms with Gasteiger partial charge < -0.3 is 4.74 Å². The highest BCUT2D eigenvalue weighted by atomic mass is 32.1. The highest BCUT2D eigenvalue weighted by molar-refractivity contribution is 7.22. The van der Waals surface area contributed by atoms with E-state index in [1.807, 2.05) is 29.6 Å². The Morgan fingerprint density at radius 2 is 2.05 bits per heavy atom. The number of rotatable bonds is 3. The van der Waals surface area contributed by atoms with E-state index in [1.54, 1.807) is 29.8 Å². The van der Waals surface area contributed by atoms with Crippen molar-refractivity contribution < 1.29 is 4.74 Å². The molecule has 112 valence electrons. The molecule has 0 saturated carbocycles. The van der Waals surface area contributed by atoms with Crippen LogP contribution >= 0.6 is 22.7 Å². The number of benzene rings is 1. The van der Waals surface area contributed by atoms with Crippen LogP contribution in [0.2, 0.25) is 0 Å². The summed E-state index contributed by atoms with van der Waals surface area (Å²) < 4.78 is 8.16. The van der Waals surface area contributed by atoms with Gasteiger partial charge in [-0.1, -0.05) is 22.7 Å². The lowest BCUT2D eigenvalue weighted by Gasteiger charge is -1.96. The van der Waals surface area contributed by atoms with Crippen molar-refractivity contribution in [1.82, 2.24) is 19.6 Å². The Bertz CT molecular complexity index is 984. The number of anilines is 2. The van der Waals surface area contributed by atoms with Crippen molar-refractivity contribution in [1.29, 1.82) is 0 Å². The van der Waals surface area contributed by atoms with Gasteiger partial charge in [0.05, 0.1) is 23.0 Å². The van der Waals surface area contributed by atoms with Gasteiger partial charge in [-0.3, -0.25) is 5.32 Å². The van der Waals surface area contributed by atoms with Gasteiger partial charge in [-0.25, -0.2) is 9.50 Å². The Kier molecular flexibility index (Phi) is 3.02. The molecular formula is C14H13N5OS2. The van der Waals surface area contributed by atoms with Gasteiger partial charge >= 0.3 is 0 Å².